The summed E-state index contributed by atoms with van der Waals surface area (Å²) in [6, 6.07) is 2.52. The molecule has 0 unspecified atom stereocenters. The van der Waals surface area contributed by atoms with Crippen molar-refractivity contribution >= 4 is 5.91 Å². The lowest BCUT2D eigenvalue weighted by Gasteiger charge is -2.13. The van der Waals surface area contributed by atoms with Crippen LogP contribution in [0.2, 0.25) is 0 Å². The Hall–Kier alpha value is -2.32. The van der Waals surface area contributed by atoms with Gasteiger partial charge in [0, 0.05) is 0 Å². The number of hydrogen-bond acceptors (Lipinski definition) is 4. The Balaban J connectivity index is 3.45. The second-order valence-electron chi connectivity index (χ2n) is 2.86. The Kier molecular flexibility index (Phi) is 3.21. The van der Waals surface area contributed by atoms with Crippen molar-refractivity contribution in [1.82, 2.24) is 0 Å². The zero-order chi connectivity index (χ0) is 13.2. The van der Waals surface area contributed by atoms with E-state index >= 15 is 0 Å². The summed E-state index contributed by atoms with van der Waals surface area (Å²) >= 11 is 0. The Morgan fingerprint density at radius 2 is 2.00 bits per heavy atom. The second kappa shape index (κ2) is 4.28. The summed E-state index contributed by atoms with van der Waals surface area (Å²) in [5, 5.41) is 8.62. The van der Waals surface area contributed by atoms with Crippen molar-refractivity contribution in [2.24, 2.45) is 5.73 Å². The van der Waals surface area contributed by atoms with Crippen LogP contribution < -0.4 is 10.6 Å². The van der Waals surface area contributed by atoms with Crippen LogP contribution in [0.15, 0.2) is 18.2 Å². The molecule has 17 heavy (non-hydrogen) atoms. The Morgan fingerprint density at radius 3 is 2.41 bits per heavy atom. The maximum absolute atomic E-state index is 12.6. The predicted molar refractivity (Wildman–Crippen MR) is 47.6 cm³/mol. The molecule has 1 amide bonds. The molecule has 2 N–H and O–H groups in total. The number of carbonyl (C=O) groups is 1. The Labute approximate surface area is 91.9 Å². The molecule has 1 rings (SSSR count). The zero-order valence-corrected chi connectivity index (χ0v) is 8.02. The van der Waals surface area contributed by atoms with Crippen LogP contribution in [-0.2, 0) is 6.18 Å². The summed E-state index contributed by atoms with van der Waals surface area (Å²) < 4.78 is 37.8. The number of hydrogen-bond donors (Lipinski definition) is 1. The van der Waals surface area contributed by atoms with Crippen molar-refractivity contribution in [2.45, 2.75) is 6.18 Å². The molecule has 9 heteroatoms. The number of benzene rings is 1. The minimum atomic E-state index is -4.99. The quantitative estimate of drug-likeness (QED) is 0.647. The average Bonchev–Trinajstić information content (AvgIpc) is 2.14. The van der Waals surface area contributed by atoms with Gasteiger partial charge in [0.25, 0.3) is 5.09 Å². The van der Waals surface area contributed by atoms with Crippen LogP contribution in [-0.4, -0.2) is 11.0 Å². The van der Waals surface area contributed by atoms with Gasteiger partial charge in [0.1, 0.15) is 5.75 Å². The molecule has 0 bridgehead atoms. The summed E-state index contributed by atoms with van der Waals surface area (Å²) in [4.78, 5) is 24.6. The van der Waals surface area contributed by atoms with Crippen LogP contribution in [0.3, 0.4) is 0 Å². The largest absolute Gasteiger partial charge is 0.419 e. The SMILES string of the molecule is NC(=O)c1cccc(O[N+](=O)[O-])c1C(F)(F)F. The number of halogens is 3. The lowest BCUT2D eigenvalue weighted by atomic mass is 10.1. The summed E-state index contributed by atoms with van der Waals surface area (Å²) in [5.41, 5.74) is 2.29. The van der Waals surface area contributed by atoms with Gasteiger partial charge in [-0.25, -0.2) is 0 Å². The van der Waals surface area contributed by atoms with Crippen LogP contribution in [0.4, 0.5) is 13.2 Å². The molecule has 92 valence electrons. The van der Waals surface area contributed by atoms with Crippen molar-refractivity contribution < 1.29 is 27.9 Å². The summed E-state index contributed by atoms with van der Waals surface area (Å²) in [6.07, 6.45) is -4.99. The number of primary amides is 1. The molecule has 0 aliphatic heterocycles. The monoisotopic (exact) mass is 250 g/mol. The molecule has 1 aromatic carbocycles. The highest BCUT2D eigenvalue weighted by atomic mass is 19.4. The first-order valence-electron chi connectivity index (χ1n) is 4.06. The van der Waals surface area contributed by atoms with Gasteiger partial charge < -0.3 is 5.73 Å². The van der Waals surface area contributed by atoms with E-state index in [1.807, 2.05) is 0 Å². The van der Waals surface area contributed by atoms with Crippen molar-refractivity contribution in [3.8, 4) is 5.75 Å². The van der Waals surface area contributed by atoms with Crippen LogP contribution in [0, 0.1) is 10.1 Å². The van der Waals surface area contributed by atoms with Crippen molar-refractivity contribution in [1.29, 1.82) is 0 Å². The van der Waals surface area contributed by atoms with Crippen molar-refractivity contribution in [2.75, 3.05) is 0 Å². The Morgan fingerprint density at radius 1 is 1.41 bits per heavy atom. The average molecular weight is 250 g/mol. The van der Waals surface area contributed by atoms with Crippen LogP contribution >= 0.6 is 0 Å². The Bertz CT molecular complexity index is 472. The van der Waals surface area contributed by atoms with Gasteiger partial charge in [0.15, 0.2) is 0 Å². The molecule has 0 aliphatic carbocycles. The second-order valence-corrected chi connectivity index (χ2v) is 2.86. The number of nitrogens with two attached hydrogens (primary N) is 1. The van der Waals surface area contributed by atoms with Gasteiger partial charge in [-0.1, -0.05) is 6.07 Å². The molecule has 0 fully saturated rings. The van der Waals surface area contributed by atoms with Gasteiger partial charge in [-0.15, -0.1) is 10.1 Å². The number of alkyl halides is 3. The van der Waals surface area contributed by atoms with E-state index in [9.17, 15) is 28.1 Å². The lowest BCUT2D eigenvalue weighted by Crippen LogP contribution is -2.20. The van der Waals surface area contributed by atoms with E-state index in [0.29, 0.717) is 0 Å². The summed E-state index contributed by atoms with van der Waals surface area (Å²) in [6.45, 7) is 0. The van der Waals surface area contributed by atoms with Gasteiger partial charge in [-0.05, 0) is 12.1 Å². The van der Waals surface area contributed by atoms with Crippen molar-refractivity contribution in [3.63, 3.8) is 0 Å². The number of nitrogens with zero attached hydrogens (tertiary/aromatic N) is 1. The fraction of sp³-hybridized carbons (Fsp3) is 0.125. The number of amides is 1. The predicted octanol–water partition coefficient (Wildman–Crippen LogP) is 1.37. The zero-order valence-electron chi connectivity index (χ0n) is 8.02. The molecule has 0 aliphatic rings. The van der Waals surface area contributed by atoms with Gasteiger partial charge in [-0.2, -0.15) is 13.2 Å². The highest BCUT2D eigenvalue weighted by Crippen LogP contribution is 2.38. The lowest BCUT2D eigenvalue weighted by molar-refractivity contribution is -0.711. The molecule has 0 radical (unpaired) electrons. The maximum Gasteiger partial charge on any atom is 0.419 e. The molecule has 0 saturated heterocycles. The molecule has 0 aromatic heterocycles. The van der Waals surface area contributed by atoms with Gasteiger partial charge in [-0.3, -0.25) is 9.63 Å². The third kappa shape index (κ3) is 2.83. The van der Waals surface area contributed by atoms with Crippen LogP contribution in [0.5, 0.6) is 5.75 Å². The molecule has 0 atom stereocenters. The van der Waals surface area contributed by atoms with Crippen LogP contribution in [0.1, 0.15) is 15.9 Å². The van der Waals surface area contributed by atoms with E-state index in [1.165, 1.54) is 0 Å². The number of rotatable bonds is 3. The van der Waals surface area contributed by atoms with E-state index in [2.05, 4.69) is 4.84 Å². The first-order chi connectivity index (χ1) is 7.73. The molecule has 0 saturated carbocycles. The fourth-order valence-electron chi connectivity index (χ4n) is 1.19. The smallest absolute Gasteiger partial charge is 0.366 e. The highest BCUT2D eigenvalue weighted by Gasteiger charge is 2.38. The summed E-state index contributed by atoms with van der Waals surface area (Å²) in [7, 11) is 0. The molecule has 0 spiro atoms. The van der Waals surface area contributed by atoms with Gasteiger partial charge in [0.05, 0.1) is 11.1 Å². The van der Waals surface area contributed by atoms with E-state index in [0.717, 1.165) is 18.2 Å². The van der Waals surface area contributed by atoms with Gasteiger partial charge >= 0.3 is 6.18 Å². The minimum Gasteiger partial charge on any atom is -0.366 e. The van der Waals surface area contributed by atoms with Crippen molar-refractivity contribution in [3.05, 3.63) is 39.4 Å². The minimum absolute atomic E-state index is 0.720. The van der Waals surface area contributed by atoms with E-state index < -0.39 is 34.0 Å². The molecule has 6 nitrogen and oxygen atoms in total. The molecular weight excluding hydrogens is 245 g/mol. The topological polar surface area (TPSA) is 95.5 Å². The van der Waals surface area contributed by atoms with E-state index in [-0.39, 0.29) is 0 Å². The number of carbonyl (C=O) groups excluding carboxylic acids is 1. The van der Waals surface area contributed by atoms with Gasteiger partial charge in [0.2, 0.25) is 5.91 Å². The van der Waals surface area contributed by atoms with E-state index in [1.54, 1.807) is 0 Å². The fourth-order valence-corrected chi connectivity index (χ4v) is 1.19. The highest BCUT2D eigenvalue weighted by molar-refractivity contribution is 5.95. The molecular formula is C8H5F3N2O4. The third-order valence-corrected chi connectivity index (χ3v) is 1.75. The summed E-state index contributed by atoms with van der Waals surface area (Å²) in [5.74, 6) is -2.44. The molecule has 0 heterocycles. The van der Waals surface area contributed by atoms with Crippen LogP contribution in [0.25, 0.3) is 0 Å². The first kappa shape index (κ1) is 12.7. The third-order valence-electron chi connectivity index (χ3n) is 1.75. The van der Waals surface area contributed by atoms with E-state index in [4.69, 9.17) is 5.73 Å². The maximum atomic E-state index is 12.6. The first-order valence-corrected chi connectivity index (χ1v) is 4.06. The molecule has 1 aromatic rings. The standard InChI is InChI=1S/C8H5F3N2O4/c9-8(10,11)6-4(7(12)14)2-1-3-5(6)17-13(15)16/h1-3H,(H2,12,14). The normalized spacial score (nSPS) is 11.0.